The molecule has 1 aromatic heterocycles. The average Bonchev–Trinajstić information content (AvgIpc) is 2.50. The van der Waals surface area contributed by atoms with Gasteiger partial charge in [0.2, 0.25) is 0 Å². The Morgan fingerprint density at radius 1 is 1.19 bits per heavy atom. The van der Waals surface area contributed by atoms with Gasteiger partial charge < -0.3 is 10.6 Å². The number of halogens is 1. The number of hydrogen-bond donors (Lipinski definition) is 2. The topological polar surface area (TPSA) is 66.9 Å². The Morgan fingerprint density at radius 2 is 2.00 bits per heavy atom. The van der Waals surface area contributed by atoms with Gasteiger partial charge in [-0.05, 0) is 49.2 Å². The van der Waals surface area contributed by atoms with Crippen molar-refractivity contribution in [3.63, 3.8) is 0 Å². The molecule has 1 aromatic carbocycles. The van der Waals surface area contributed by atoms with Gasteiger partial charge in [0.15, 0.2) is 5.69 Å². The van der Waals surface area contributed by atoms with Crippen LogP contribution < -0.4 is 10.6 Å². The molecule has 2 rings (SSSR count). The zero-order valence-electron chi connectivity index (χ0n) is 12.0. The van der Waals surface area contributed by atoms with Crippen LogP contribution in [0, 0.1) is 0 Å². The zero-order chi connectivity index (χ0) is 15.2. The van der Waals surface area contributed by atoms with Gasteiger partial charge in [-0.3, -0.25) is 4.79 Å². The van der Waals surface area contributed by atoms with Crippen molar-refractivity contribution < 1.29 is 4.79 Å². The van der Waals surface area contributed by atoms with E-state index in [1.807, 2.05) is 32.0 Å². The first-order valence-electron chi connectivity index (χ1n) is 6.81. The van der Waals surface area contributed by atoms with Gasteiger partial charge in [0.1, 0.15) is 5.82 Å². The van der Waals surface area contributed by atoms with Gasteiger partial charge in [0, 0.05) is 16.7 Å². The summed E-state index contributed by atoms with van der Waals surface area (Å²) in [5, 5.41) is 13.8. The normalized spacial score (nSPS) is 10.2. The summed E-state index contributed by atoms with van der Waals surface area (Å²) in [6.45, 7) is 4.78. The molecular formula is C15H17BrN4O. The third-order valence-corrected chi connectivity index (χ3v) is 3.44. The van der Waals surface area contributed by atoms with Crippen molar-refractivity contribution in [3.8, 4) is 0 Å². The van der Waals surface area contributed by atoms with Crippen LogP contribution in [0.2, 0.25) is 0 Å². The molecule has 0 unspecified atom stereocenters. The molecule has 0 fully saturated rings. The van der Waals surface area contributed by atoms with Crippen LogP contribution in [0.15, 0.2) is 34.8 Å². The second-order valence-electron chi connectivity index (χ2n) is 4.44. The number of nitrogens with one attached hydrogen (secondary N) is 2. The van der Waals surface area contributed by atoms with Crippen LogP contribution in [0.25, 0.3) is 0 Å². The number of anilines is 2. The van der Waals surface area contributed by atoms with Crippen molar-refractivity contribution in [3.05, 3.63) is 46.1 Å². The van der Waals surface area contributed by atoms with Crippen molar-refractivity contribution in [2.75, 3.05) is 17.2 Å². The smallest absolute Gasteiger partial charge is 0.276 e. The molecule has 1 heterocycles. The fraction of sp³-hybridized carbons (Fsp3) is 0.267. The summed E-state index contributed by atoms with van der Waals surface area (Å²) >= 11 is 3.43. The molecular weight excluding hydrogens is 332 g/mol. The van der Waals surface area contributed by atoms with Gasteiger partial charge in [-0.2, -0.15) is 0 Å². The lowest BCUT2D eigenvalue weighted by molar-refractivity contribution is 0.102. The number of carbonyl (C=O) groups excluding carboxylic acids is 1. The van der Waals surface area contributed by atoms with Gasteiger partial charge >= 0.3 is 0 Å². The quantitative estimate of drug-likeness (QED) is 0.867. The fourth-order valence-electron chi connectivity index (χ4n) is 1.89. The van der Waals surface area contributed by atoms with Crippen LogP contribution in [0.3, 0.4) is 0 Å². The molecule has 0 atom stereocenters. The maximum atomic E-state index is 12.2. The predicted molar refractivity (Wildman–Crippen MR) is 87.7 cm³/mol. The van der Waals surface area contributed by atoms with E-state index in [-0.39, 0.29) is 5.91 Å². The Morgan fingerprint density at radius 3 is 2.62 bits per heavy atom. The van der Waals surface area contributed by atoms with Crippen LogP contribution in [-0.4, -0.2) is 22.6 Å². The molecule has 1 amide bonds. The molecule has 0 saturated carbocycles. The molecule has 0 aliphatic heterocycles. The highest BCUT2D eigenvalue weighted by atomic mass is 79.9. The largest absolute Gasteiger partial charge is 0.369 e. The highest BCUT2D eigenvalue weighted by Crippen LogP contribution is 2.22. The number of carbonyl (C=O) groups is 1. The number of benzene rings is 1. The van der Waals surface area contributed by atoms with E-state index in [4.69, 9.17) is 0 Å². The van der Waals surface area contributed by atoms with Gasteiger partial charge in [-0.25, -0.2) is 0 Å². The highest BCUT2D eigenvalue weighted by molar-refractivity contribution is 9.10. The summed E-state index contributed by atoms with van der Waals surface area (Å²) in [4.78, 5) is 12.2. The van der Waals surface area contributed by atoms with E-state index >= 15 is 0 Å². The Hall–Kier alpha value is -1.95. The molecule has 2 N–H and O–H groups in total. The third-order valence-electron chi connectivity index (χ3n) is 2.95. The van der Waals surface area contributed by atoms with E-state index < -0.39 is 0 Å². The molecule has 5 nitrogen and oxygen atoms in total. The summed E-state index contributed by atoms with van der Waals surface area (Å²) in [6, 6.07) is 9.17. The zero-order valence-corrected chi connectivity index (χ0v) is 13.6. The lowest BCUT2D eigenvalue weighted by Gasteiger charge is -2.10. The molecule has 0 spiro atoms. The van der Waals surface area contributed by atoms with Gasteiger partial charge in [-0.1, -0.05) is 22.9 Å². The molecule has 21 heavy (non-hydrogen) atoms. The summed E-state index contributed by atoms with van der Waals surface area (Å²) in [7, 11) is 0. The van der Waals surface area contributed by atoms with E-state index in [0.717, 1.165) is 28.7 Å². The van der Waals surface area contributed by atoms with Crippen molar-refractivity contribution >= 4 is 33.3 Å². The summed E-state index contributed by atoms with van der Waals surface area (Å²) in [6.07, 6.45) is 0.833. The predicted octanol–water partition coefficient (Wildman–Crippen LogP) is 3.49. The van der Waals surface area contributed by atoms with Gasteiger partial charge in [0.25, 0.3) is 5.91 Å². The van der Waals surface area contributed by atoms with Crippen molar-refractivity contribution in [1.29, 1.82) is 0 Å². The van der Waals surface area contributed by atoms with Crippen LogP contribution in [-0.2, 0) is 6.42 Å². The highest BCUT2D eigenvalue weighted by Gasteiger charge is 2.11. The third kappa shape index (κ3) is 4.01. The number of aryl methyl sites for hydroxylation is 1. The van der Waals surface area contributed by atoms with Gasteiger partial charge in [-0.15, -0.1) is 10.2 Å². The standard InChI is InChI=1S/C15H17BrN4O/c1-3-10-9-11(16)5-6-12(10)18-15(21)13-7-8-14(17-4-2)20-19-13/h5-9H,3-4H2,1-2H3,(H,17,20)(H,18,21). The Kier molecular flexibility index (Phi) is 5.27. The number of aromatic nitrogens is 2. The molecule has 110 valence electrons. The van der Waals surface area contributed by atoms with E-state index in [0.29, 0.717) is 11.5 Å². The van der Waals surface area contributed by atoms with E-state index in [1.165, 1.54) is 0 Å². The van der Waals surface area contributed by atoms with Crippen molar-refractivity contribution in [2.24, 2.45) is 0 Å². The summed E-state index contributed by atoms with van der Waals surface area (Å²) in [5.41, 5.74) is 2.15. The van der Waals surface area contributed by atoms with Crippen molar-refractivity contribution in [1.82, 2.24) is 10.2 Å². The lowest BCUT2D eigenvalue weighted by Crippen LogP contribution is -2.16. The number of hydrogen-bond acceptors (Lipinski definition) is 4. The van der Waals surface area contributed by atoms with Crippen molar-refractivity contribution in [2.45, 2.75) is 20.3 Å². The maximum absolute atomic E-state index is 12.2. The lowest BCUT2D eigenvalue weighted by atomic mass is 10.1. The number of rotatable bonds is 5. The first-order valence-corrected chi connectivity index (χ1v) is 7.60. The maximum Gasteiger partial charge on any atom is 0.276 e. The van der Waals surface area contributed by atoms with Crippen LogP contribution in [0.4, 0.5) is 11.5 Å². The second kappa shape index (κ2) is 7.17. The Balaban J connectivity index is 2.14. The minimum absolute atomic E-state index is 0.262. The average molecular weight is 349 g/mol. The fourth-order valence-corrected chi connectivity index (χ4v) is 2.30. The Bertz CT molecular complexity index is 628. The Labute approximate surface area is 132 Å². The molecule has 0 aliphatic rings. The molecule has 0 bridgehead atoms. The van der Waals surface area contributed by atoms with E-state index in [1.54, 1.807) is 12.1 Å². The SMILES string of the molecule is CCNc1ccc(C(=O)Nc2ccc(Br)cc2CC)nn1. The molecule has 0 aliphatic carbocycles. The minimum atomic E-state index is -0.262. The molecule has 0 saturated heterocycles. The van der Waals surface area contributed by atoms with E-state index in [9.17, 15) is 4.79 Å². The van der Waals surface area contributed by atoms with E-state index in [2.05, 4.69) is 36.8 Å². The van der Waals surface area contributed by atoms with Crippen LogP contribution in [0.5, 0.6) is 0 Å². The number of amides is 1. The summed E-state index contributed by atoms with van der Waals surface area (Å²) < 4.78 is 0.993. The minimum Gasteiger partial charge on any atom is -0.369 e. The van der Waals surface area contributed by atoms with Gasteiger partial charge in [0.05, 0.1) is 0 Å². The second-order valence-corrected chi connectivity index (χ2v) is 5.36. The molecule has 0 radical (unpaired) electrons. The monoisotopic (exact) mass is 348 g/mol. The van der Waals surface area contributed by atoms with Crippen LogP contribution >= 0.6 is 15.9 Å². The first-order chi connectivity index (χ1) is 10.1. The molecule has 2 aromatic rings. The molecule has 6 heteroatoms. The van der Waals surface area contributed by atoms with Crippen LogP contribution in [0.1, 0.15) is 29.9 Å². The summed E-state index contributed by atoms with van der Waals surface area (Å²) in [5.74, 6) is 0.398. The first kappa shape index (κ1) is 15.4. The number of nitrogens with zero attached hydrogens (tertiary/aromatic N) is 2.